The number of methoxy groups -OCH3 is 1. The first-order valence-corrected chi connectivity index (χ1v) is 13.5. The molecule has 0 radical (unpaired) electrons. The van der Waals surface area contributed by atoms with Crippen molar-refractivity contribution in [3.8, 4) is 22.7 Å². The van der Waals surface area contributed by atoms with Crippen molar-refractivity contribution < 1.29 is 4.74 Å². The molecule has 0 spiro atoms. The molecule has 6 rings (SSSR count). The number of ether oxygens (including phenoxy) is 1. The summed E-state index contributed by atoms with van der Waals surface area (Å²) in [5.41, 5.74) is 5.86. The van der Waals surface area contributed by atoms with Gasteiger partial charge in [0.25, 0.3) is 0 Å². The van der Waals surface area contributed by atoms with Crippen LogP contribution < -0.4 is 10.1 Å². The highest BCUT2D eigenvalue weighted by Crippen LogP contribution is 2.39. The molecule has 2 aromatic heterocycles. The smallest absolute Gasteiger partial charge is 0.194 e. The Labute approximate surface area is 230 Å². The minimum absolute atomic E-state index is 0.134. The number of benzene rings is 3. The maximum atomic E-state index is 5.92. The van der Waals surface area contributed by atoms with Crippen LogP contribution in [0.1, 0.15) is 22.9 Å². The third-order valence-corrected chi connectivity index (χ3v) is 7.64. The fourth-order valence-electron chi connectivity index (χ4n) is 4.55. The molecule has 0 aliphatic carbocycles. The topological polar surface area (TPSA) is 54.7 Å². The number of rotatable bonds is 6. The standard InChI is InChI=1S/C30H25N5OS2/c1-36-24-16-14-21(15-17-24)29-25(20-34(33-29)23-11-6-3-7-12-23)27-19-26(28-13-8-18-38-28)32-35(27)30(37)31-22-9-4-2-5-10-22/h2-18,20,27H,19H2,1H3,(H,31,37)/t27-/m1/s1. The molecule has 0 unspecified atom stereocenters. The molecular formula is C30H25N5OS2. The van der Waals surface area contributed by atoms with E-state index in [2.05, 4.69) is 41.2 Å². The quantitative estimate of drug-likeness (QED) is 0.234. The molecule has 0 amide bonds. The van der Waals surface area contributed by atoms with Crippen LogP contribution >= 0.6 is 23.6 Å². The number of hydrogen-bond donors (Lipinski definition) is 1. The minimum Gasteiger partial charge on any atom is -0.497 e. The number of nitrogens with zero attached hydrogens (tertiary/aromatic N) is 4. The van der Waals surface area contributed by atoms with Gasteiger partial charge in [0.1, 0.15) is 5.75 Å². The fourth-order valence-corrected chi connectivity index (χ4v) is 5.56. The largest absolute Gasteiger partial charge is 0.497 e. The van der Waals surface area contributed by atoms with Crippen molar-refractivity contribution in [2.75, 3.05) is 12.4 Å². The van der Waals surface area contributed by atoms with Gasteiger partial charge in [0.05, 0.1) is 35.1 Å². The Hall–Kier alpha value is -4.27. The SMILES string of the molecule is COc1ccc(-c2nn(-c3ccccc3)cc2[C@H]2CC(c3cccs3)=NN2C(=S)Nc2ccccc2)cc1. The summed E-state index contributed by atoms with van der Waals surface area (Å²) in [6.45, 7) is 0. The van der Waals surface area contributed by atoms with E-state index in [4.69, 9.17) is 27.2 Å². The van der Waals surface area contributed by atoms with Crippen LogP contribution in [0.5, 0.6) is 5.75 Å². The highest BCUT2D eigenvalue weighted by atomic mass is 32.1. The molecule has 0 bridgehead atoms. The van der Waals surface area contributed by atoms with Crippen LogP contribution in [0.4, 0.5) is 5.69 Å². The van der Waals surface area contributed by atoms with Gasteiger partial charge < -0.3 is 10.1 Å². The number of nitrogens with one attached hydrogen (secondary N) is 1. The van der Waals surface area contributed by atoms with E-state index in [1.807, 2.05) is 82.5 Å². The molecule has 38 heavy (non-hydrogen) atoms. The molecule has 3 heterocycles. The molecule has 8 heteroatoms. The van der Waals surface area contributed by atoms with Crippen LogP contribution in [0, 0.1) is 0 Å². The monoisotopic (exact) mass is 535 g/mol. The number of hydrogen-bond acceptors (Lipinski definition) is 5. The van der Waals surface area contributed by atoms with Crippen LogP contribution in [0.15, 0.2) is 114 Å². The molecular weight excluding hydrogens is 510 g/mol. The zero-order valence-corrected chi connectivity index (χ0v) is 22.3. The van der Waals surface area contributed by atoms with Gasteiger partial charge in [0, 0.05) is 29.4 Å². The number of para-hydroxylation sites is 2. The lowest BCUT2D eigenvalue weighted by Gasteiger charge is -2.24. The second-order valence-corrected chi connectivity index (χ2v) is 10.2. The summed E-state index contributed by atoms with van der Waals surface area (Å²) in [5, 5.41) is 18.0. The van der Waals surface area contributed by atoms with E-state index in [0.717, 1.165) is 44.5 Å². The summed E-state index contributed by atoms with van der Waals surface area (Å²) >= 11 is 7.60. The highest BCUT2D eigenvalue weighted by Gasteiger charge is 2.35. The van der Waals surface area contributed by atoms with Crippen molar-refractivity contribution in [1.29, 1.82) is 0 Å². The van der Waals surface area contributed by atoms with E-state index in [0.29, 0.717) is 11.5 Å². The Kier molecular flexibility index (Phi) is 6.73. The Morgan fingerprint density at radius 3 is 2.37 bits per heavy atom. The summed E-state index contributed by atoms with van der Waals surface area (Å²) in [5.74, 6) is 0.803. The first-order valence-electron chi connectivity index (χ1n) is 12.3. The predicted octanol–water partition coefficient (Wildman–Crippen LogP) is 7.16. The van der Waals surface area contributed by atoms with E-state index in [-0.39, 0.29) is 6.04 Å². The molecule has 1 aliphatic heterocycles. The van der Waals surface area contributed by atoms with Crippen LogP contribution in [0.25, 0.3) is 16.9 Å². The van der Waals surface area contributed by atoms with Crippen LogP contribution in [-0.2, 0) is 0 Å². The van der Waals surface area contributed by atoms with E-state index < -0.39 is 0 Å². The summed E-state index contributed by atoms with van der Waals surface area (Å²) < 4.78 is 7.33. The van der Waals surface area contributed by atoms with Crippen molar-refractivity contribution in [3.05, 3.63) is 119 Å². The Balaban J connectivity index is 1.44. The zero-order valence-electron chi connectivity index (χ0n) is 20.7. The van der Waals surface area contributed by atoms with Gasteiger partial charge in [-0.25, -0.2) is 9.69 Å². The molecule has 0 saturated carbocycles. The minimum atomic E-state index is -0.134. The number of hydrazone groups is 1. The molecule has 1 N–H and O–H groups in total. The van der Waals surface area contributed by atoms with Gasteiger partial charge in [-0.15, -0.1) is 11.3 Å². The lowest BCUT2D eigenvalue weighted by molar-refractivity contribution is 0.376. The normalized spacial score (nSPS) is 14.8. The fraction of sp³-hybridized carbons (Fsp3) is 0.100. The van der Waals surface area contributed by atoms with Crippen molar-refractivity contribution >= 4 is 40.1 Å². The lowest BCUT2D eigenvalue weighted by atomic mass is 9.98. The van der Waals surface area contributed by atoms with Crippen molar-refractivity contribution in [3.63, 3.8) is 0 Å². The van der Waals surface area contributed by atoms with E-state index in [1.165, 1.54) is 0 Å². The summed E-state index contributed by atoms with van der Waals surface area (Å²) in [6, 6.07) is 32.1. The molecule has 3 aromatic carbocycles. The van der Waals surface area contributed by atoms with Crippen LogP contribution in [-0.4, -0.2) is 32.7 Å². The first kappa shape index (κ1) is 24.1. The molecule has 0 saturated heterocycles. The Bertz CT molecular complexity index is 1560. The van der Waals surface area contributed by atoms with Gasteiger partial charge in [-0.3, -0.25) is 0 Å². The van der Waals surface area contributed by atoms with Gasteiger partial charge >= 0.3 is 0 Å². The number of thiocarbonyl (C=S) groups is 1. The molecule has 1 aliphatic rings. The van der Waals surface area contributed by atoms with Crippen molar-refractivity contribution in [1.82, 2.24) is 14.8 Å². The lowest BCUT2D eigenvalue weighted by Crippen LogP contribution is -2.31. The second kappa shape index (κ2) is 10.6. The van der Waals surface area contributed by atoms with Gasteiger partial charge in [-0.05, 0) is 72.2 Å². The van der Waals surface area contributed by atoms with Gasteiger partial charge in [-0.1, -0.05) is 42.5 Å². The van der Waals surface area contributed by atoms with E-state index >= 15 is 0 Å². The van der Waals surface area contributed by atoms with Crippen molar-refractivity contribution in [2.24, 2.45) is 5.10 Å². The third kappa shape index (κ3) is 4.83. The maximum Gasteiger partial charge on any atom is 0.194 e. The summed E-state index contributed by atoms with van der Waals surface area (Å²) in [7, 11) is 1.67. The first-order chi connectivity index (χ1) is 18.7. The molecule has 1 atom stereocenters. The maximum absolute atomic E-state index is 5.92. The zero-order chi connectivity index (χ0) is 25.9. The molecule has 188 valence electrons. The van der Waals surface area contributed by atoms with Gasteiger partial charge in [0.2, 0.25) is 0 Å². The Morgan fingerprint density at radius 1 is 0.947 bits per heavy atom. The average Bonchev–Trinajstić information content (AvgIpc) is 3.74. The third-order valence-electron chi connectivity index (χ3n) is 6.43. The molecule has 5 aromatic rings. The van der Waals surface area contributed by atoms with E-state index in [9.17, 15) is 0 Å². The Morgan fingerprint density at radius 2 is 1.68 bits per heavy atom. The molecule has 6 nitrogen and oxygen atoms in total. The summed E-state index contributed by atoms with van der Waals surface area (Å²) in [4.78, 5) is 1.14. The van der Waals surface area contributed by atoms with Crippen LogP contribution in [0.3, 0.4) is 0 Å². The number of thiophene rings is 1. The second-order valence-electron chi connectivity index (χ2n) is 8.83. The van der Waals surface area contributed by atoms with Gasteiger partial charge in [0.15, 0.2) is 5.11 Å². The highest BCUT2D eigenvalue weighted by molar-refractivity contribution is 7.80. The predicted molar refractivity (Wildman–Crippen MR) is 158 cm³/mol. The average molecular weight is 536 g/mol. The summed E-state index contributed by atoms with van der Waals surface area (Å²) in [6.07, 6.45) is 2.81. The van der Waals surface area contributed by atoms with E-state index in [1.54, 1.807) is 18.4 Å². The van der Waals surface area contributed by atoms with Crippen LogP contribution in [0.2, 0.25) is 0 Å². The van der Waals surface area contributed by atoms with Crippen molar-refractivity contribution in [2.45, 2.75) is 12.5 Å². The number of aromatic nitrogens is 2. The molecule has 0 fully saturated rings. The number of anilines is 1. The van der Waals surface area contributed by atoms with Gasteiger partial charge in [-0.2, -0.15) is 10.2 Å².